The Morgan fingerprint density at radius 3 is 2.42 bits per heavy atom. The van der Waals surface area contributed by atoms with Gasteiger partial charge < -0.3 is 25.0 Å². The monoisotopic (exact) mass is 632 g/mol. The second kappa shape index (κ2) is 12.7. The molecule has 11 nitrogen and oxygen atoms in total. The van der Waals surface area contributed by atoms with Crippen molar-refractivity contribution in [1.82, 2.24) is 19.9 Å². The lowest BCUT2D eigenvalue weighted by Gasteiger charge is -2.40. The Hall–Kier alpha value is -4.81. The van der Waals surface area contributed by atoms with Crippen LogP contribution >= 0.6 is 11.6 Å². The third kappa shape index (κ3) is 5.98. The fraction of sp³-hybridized carbons (Fsp3) is 0.281. The van der Waals surface area contributed by atoms with Crippen LogP contribution in [0.25, 0.3) is 5.69 Å². The third-order valence-corrected chi connectivity index (χ3v) is 8.60. The van der Waals surface area contributed by atoms with E-state index in [1.165, 1.54) is 47.5 Å². The van der Waals surface area contributed by atoms with Crippen molar-refractivity contribution in [2.24, 2.45) is 0 Å². The molecule has 1 aromatic heterocycles. The smallest absolute Gasteiger partial charge is 0.335 e. The molecule has 0 aliphatic carbocycles. The number of anilines is 2. The molecule has 45 heavy (non-hydrogen) atoms. The Morgan fingerprint density at radius 1 is 1.00 bits per heavy atom. The number of aromatic carboxylic acids is 1. The maximum atomic E-state index is 14.7. The number of nitrogens with one attached hydrogen (secondary N) is 1. The number of carboxylic acid groups (broad SMARTS) is 1. The largest absolute Gasteiger partial charge is 0.478 e. The van der Waals surface area contributed by atoms with Crippen LogP contribution in [0.15, 0.2) is 66.9 Å². The van der Waals surface area contributed by atoms with Crippen molar-refractivity contribution in [3.8, 4) is 5.69 Å². The van der Waals surface area contributed by atoms with E-state index in [0.29, 0.717) is 17.7 Å². The minimum absolute atomic E-state index is 0.0269. The van der Waals surface area contributed by atoms with Crippen LogP contribution in [0, 0.1) is 5.82 Å². The number of carbonyl (C=O) groups is 3. The summed E-state index contributed by atoms with van der Waals surface area (Å²) in [6.07, 6.45) is 3.76. The molecule has 3 aromatic carbocycles. The molecular weight excluding hydrogens is 603 g/mol. The van der Waals surface area contributed by atoms with Gasteiger partial charge in [-0.05, 0) is 72.9 Å². The highest BCUT2D eigenvalue weighted by Crippen LogP contribution is 2.38. The zero-order valence-corrected chi connectivity index (χ0v) is 25.1. The molecule has 0 spiro atoms. The summed E-state index contributed by atoms with van der Waals surface area (Å²) in [5.41, 5.74) is 3.08. The molecule has 13 heteroatoms. The molecule has 0 bridgehead atoms. The predicted molar refractivity (Wildman–Crippen MR) is 165 cm³/mol. The number of hydrogen-bond acceptors (Lipinski definition) is 7. The molecule has 1 fully saturated rings. The molecule has 4 aromatic rings. The zero-order chi connectivity index (χ0) is 31.7. The van der Waals surface area contributed by atoms with Gasteiger partial charge in [0.05, 0.1) is 22.9 Å². The van der Waals surface area contributed by atoms with Gasteiger partial charge in [0, 0.05) is 38.1 Å². The number of halogens is 2. The maximum absolute atomic E-state index is 14.7. The van der Waals surface area contributed by atoms with E-state index in [1.807, 2.05) is 18.2 Å². The summed E-state index contributed by atoms with van der Waals surface area (Å²) >= 11 is 5.94. The average Bonchev–Trinajstić information content (AvgIpc) is 3.55. The third-order valence-electron chi connectivity index (χ3n) is 8.31. The SMILES string of the molecule is COC1CCN(c2cccc3c2CCN(C(=O)c2cn(-c4cccc(Cl)c4F)nn2)C3C(=O)Nc2ccc(C(=O)O)cc2)CC1. The van der Waals surface area contributed by atoms with E-state index in [9.17, 15) is 23.9 Å². The highest BCUT2D eigenvalue weighted by molar-refractivity contribution is 6.30. The minimum Gasteiger partial charge on any atom is -0.478 e. The number of benzene rings is 3. The van der Waals surface area contributed by atoms with Gasteiger partial charge >= 0.3 is 5.97 Å². The lowest BCUT2D eigenvalue weighted by atomic mass is 9.89. The molecule has 2 aliphatic rings. The number of amides is 2. The molecule has 1 atom stereocenters. The Bertz CT molecular complexity index is 1760. The van der Waals surface area contributed by atoms with Crippen molar-refractivity contribution >= 4 is 40.8 Å². The number of nitrogens with zero attached hydrogens (tertiary/aromatic N) is 5. The summed E-state index contributed by atoms with van der Waals surface area (Å²) in [5.74, 6) is -2.82. The highest BCUT2D eigenvalue weighted by Gasteiger charge is 2.39. The van der Waals surface area contributed by atoms with Gasteiger partial charge in [0.15, 0.2) is 11.5 Å². The van der Waals surface area contributed by atoms with E-state index < -0.39 is 29.6 Å². The van der Waals surface area contributed by atoms with Crippen molar-refractivity contribution in [2.45, 2.75) is 31.4 Å². The summed E-state index contributed by atoms with van der Waals surface area (Å²) in [6, 6.07) is 14.9. The van der Waals surface area contributed by atoms with Gasteiger partial charge in [0.2, 0.25) is 0 Å². The normalized spacial score (nSPS) is 16.7. The van der Waals surface area contributed by atoms with Gasteiger partial charge in [0.25, 0.3) is 11.8 Å². The number of methoxy groups -OCH3 is 1. The first-order valence-electron chi connectivity index (χ1n) is 14.5. The number of hydrogen-bond donors (Lipinski definition) is 2. The molecule has 0 saturated carbocycles. The van der Waals surface area contributed by atoms with Crippen molar-refractivity contribution < 1.29 is 28.6 Å². The second-order valence-electron chi connectivity index (χ2n) is 10.9. The first-order chi connectivity index (χ1) is 21.7. The number of fused-ring (bicyclic) bond motifs is 1. The quantitative estimate of drug-likeness (QED) is 0.299. The molecular formula is C32H30ClFN6O5. The van der Waals surface area contributed by atoms with E-state index in [1.54, 1.807) is 13.2 Å². The second-order valence-corrected chi connectivity index (χ2v) is 11.3. The fourth-order valence-corrected chi connectivity index (χ4v) is 6.15. The summed E-state index contributed by atoms with van der Waals surface area (Å²) < 4.78 is 21.4. The standard InChI is InChI=1S/C32H30ClFN6O5/c1-45-21-12-15-38(16-13-21)26-6-2-4-23-22(26)14-17-39(29(23)30(41)35-20-10-8-19(9-11-20)32(43)44)31(42)25-18-40(37-36-25)27-7-3-5-24(33)28(27)34/h2-11,18,21,29H,12-17H2,1H3,(H,35,41)(H,43,44). The van der Waals surface area contributed by atoms with Crippen LogP contribution in [0.4, 0.5) is 15.8 Å². The number of carbonyl (C=O) groups excluding carboxylic acids is 2. The molecule has 2 amide bonds. The van der Waals surface area contributed by atoms with Crippen LogP contribution < -0.4 is 10.2 Å². The molecule has 2 aliphatic heterocycles. The van der Waals surface area contributed by atoms with Crippen LogP contribution in [0.3, 0.4) is 0 Å². The average molecular weight is 633 g/mol. The Labute approximate surface area is 263 Å². The summed E-state index contributed by atoms with van der Waals surface area (Å²) in [6.45, 7) is 1.81. The number of ether oxygens (including phenoxy) is 1. The molecule has 3 heterocycles. The number of aromatic nitrogens is 3. The number of rotatable bonds is 7. The summed E-state index contributed by atoms with van der Waals surface area (Å²) in [4.78, 5) is 43.0. The highest BCUT2D eigenvalue weighted by atomic mass is 35.5. The van der Waals surface area contributed by atoms with E-state index in [2.05, 4.69) is 20.5 Å². The summed E-state index contributed by atoms with van der Waals surface area (Å²) in [7, 11) is 1.72. The van der Waals surface area contributed by atoms with Crippen LogP contribution in [0.5, 0.6) is 0 Å². The molecule has 0 radical (unpaired) electrons. The van der Waals surface area contributed by atoms with Gasteiger partial charge in [-0.1, -0.05) is 35.0 Å². The fourth-order valence-electron chi connectivity index (χ4n) is 5.98. The predicted octanol–water partition coefficient (Wildman–Crippen LogP) is 4.75. The summed E-state index contributed by atoms with van der Waals surface area (Å²) in [5, 5.41) is 20.0. The van der Waals surface area contributed by atoms with E-state index in [-0.39, 0.29) is 34.6 Å². The van der Waals surface area contributed by atoms with Gasteiger partial charge in [-0.15, -0.1) is 5.10 Å². The van der Waals surface area contributed by atoms with Crippen LogP contribution in [-0.2, 0) is 16.0 Å². The van der Waals surface area contributed by atoms with Crippen molar-refractivity contribution in [3.63, 3.8) is 0 Å². The van der Waals surface area contributed by atoms with Gasteiger partial charge in [-0.3, -0.25) is 9.59 Å². The first-order valence-corrected chi connectivity index (χ1v) is 14.8. The Morgan fingerprint density at radius 2 is 1.71 bits per heavy atom. The van der Waals surface area contributed by atoms with Crippen LogP contribution in [0.1, 0.15) is 50.9 Å². The molecule has 6 rings (SSSR count). The topological polar surface area (TPSA) is 130 Å². The molecule has 2 N–H and O–H groups in total. The molecule has 1 saturated heterocycles. The van der Waals surface area contributed by atoms with E-state index in [4.69, 9.17) is 16.3 Å². The van der Waals surface area contributed by atoms with E-state index >= 15 is 0 Å². The van der Waals surface area contributed by atoms with Crippen molar-refractivity contribution in [3.05, 3.63) is 100 Å². The van der Waals surface area contributed by atoms with Crippen molar-refractivity contribution in [1.29, 1.82) is 0 Å². The molecule has 1 unspecified atom stereocenters. The van der Waals surface area contributed by atoms with Crippen LogP contribution in [-0.4, -0.2) is 75.6 Å². The Balaban J connectivity index is 1.34. The lowest BCUT2D eigenvalue weighted by molar-refractivity contribution is -0.121. The van der Waals surface area contributed by atoms with Crippen LogP contribution in [0.2, 0.25) is 5.02 Å². The van der Waals surface area contributed by atoms with Gasteiger partial charge in [-0.25, -0.2) is 13.9 Å². The van der Waals surface area contributed by atoms with E-state index in [0.717, 1.165) is 41.9 Å². The minimum atomic E-state index is -1.08. The van der Waals surface area contributed by atoms with Crippen molar-refractivity contribution in [2.75, 3.05) is 37.0 Å². The maximum Gasteiger partial charge on any atom is 0.335 e. The lowest BCUT2D eigenvalue weighted by Crippen LogP contribution is -2.46. The van der Waals surface area contributed by atoms with Gasteiger partial charge in [0.1, 0.15) is 11.7 Å². The van der Waals surface area contributed by atoms with Gasteiger partial charge in [-0.2, -0.15) is 0 Å². The molecule has 232 valence electrons. The number of carboxylic acids is 1. The Kier molecular flexibility index (Phi) is 8.50. The first kappa shape index (κ1) is 30.2. The zero-order valence-electron chi connectivity index (χ0n) is 24.3. The number of piperidine rings is 1.